The van der Waals surface area contributed by atoms with Crippen LogP contribution in [0.5, 0.6) is 0 Å². The molecule has 3 heteroatoms. The van der Waals surface area contributed by atoms with E-state index in [-0.39, 0.29) is 5.60 Å². The zero-order valence-electron chi connectivity index (χ0n) is 12.5. The summed E-state index contributed by atoms with van der Waals surface area (Å²) in [6.45, 7) is 6.91. The molecular weight excluding hydrogens is 226 g/mol. The van der Waals surface area contributed by atoms with Gasteiger partial charge in [-0.1, -0.05) is 39.5 Å². The first kappa shape index (κ1) is 15.9. The average molecular weight is 257 g/mol. The predicted octanol–water partition coefficient (Wildman–Crippen LogP) is 3.13. The van der Waals surface area contributed by atoms with Crippen LogP contribution in [-0.2, 0) is 9.47 Å². The summed E-state index contributed by atoms with van der Waals surface area (Å²) in [7, 11) is 1.87. The highest BCUT2D eigenvalue weighted by atomic mass is 16.5. The van der Waals surface area contributed by atoms with Crippen LogP contribution in [0.3, 0.4) is 0 Å². The zero-order valence-corrected chi connectivity index (χ0v) is 12.5. The van der Waals surface area contributed by atoms with Gasteiger partial charge in [0.2, 0.25) is 0 Å². The van der Waals surface area contributed by atoms with E-state index in [0.717, 1.165) is 39.0 Å². The van der Waals surface area contributed by atoms with E-state index in [1.165, 1.54) is 25.7 Å². The highest BCUT2D eigenvalue weighted by Gasteiger charge is 2.38. The Labute approximate surface area is 113 Å². The lowest BCUT2D eigenvalue weighted by molar-refractivity contribution is -0.0736. The van der Waals surface area contributed by atoms with Gasteiger partial charge in [0, 0.05) is 13.7 Å². The number of nitrogens with one attached hydrogen (secondary N) is 1. The Bertz CT molecular complexity index is 201. The fourth-order valence-corrected chi connectivity index (χ4v) is 3.01. The van der Waals surface area contributed by atoms with Crippen molar-refractivity contribution in [2.24, 2.45) is 0 Å². The summed E-state index contributed by atoms with van der Waals surface area (Å²) in [6, 6.07) is 0.331. The SMILES string of the molecule is CCCOCC(NCC)C1(OC)CCCCCC1. The number of rotatable bonds is 8. The maximum Gasteiger partial charge on any atom is 0.0853 e. The van der Waals surface area contributed by atoms with Gasteiger partial charge < -0.3 is 14.8 Å². The number of hydrogen-bond donors (Lipinski definition) is 1. The van der Waals surface area contributed by atoms with Crippen LogP contribution in [-0.4, -0.2) is 38.5 Å². The molecule has 3 nitrogen and oxygen atoms in total. The number of methoxy groups -OCH3 is 1. The van der Waals surface area contributed by atoms with Gasteiger partial charge in [-0.25, -0.2) is 0 Å². The van der Waals surface area contributed by atoms with E-state index >= 15 is 0 Å². The minimum Gasteiger partial charge on any atom is -0.380 e. The Balaban J connectivity index is 2.63. The lowest BCUT2D eigenvalue weighted by Gasteiger charge is -2.39. The molecule has 1 saturated carbocycles. The monoisotopic (exact) mass is 257 g/mol. The fraction of sp³-hybridized carbons (Fsp3) is 1.00. The van der Waals surface area contributed by atoms with Gasteiger partial charge in [-0.2, -0.15) is 0 Å². The molecular formula is C15H31NO2. The topological polar surface area (TPSA) is 30.5 Å². The molecule has 0 amide bonds. The third-order valence-corrected chi connectivity index (χ3v) is 4.07. The predicted molar refractivity (Wildman–Crippen MR) is 76.0 cm³/mol. The third kappa shape index (κ3) is 4.52. The zero-order chi connectivity index (χ0) is 13.3. The maximum absolute atomic E-state index is 5.96. The molecule has 0 saturated heterocycles. The van der Waals surface area contributed by atoms with Gasteiger partial charge in [-0.3, -0.25) is 0 Å². The minimum absolute atomic E-state index is 0.0136. The minimum atomic E-state index is -0.0136. The average Bonchev–Trinajstić information content (AvgIpc) is 2.64. The quantitative estimate of drug-likeness (QED) is 0.535. The van der Waals surface area contributed by atoms with Crippen LogP contribution >= 0.6 is 0 Å². The van der Waals surface area contributed by atoms with Crippen molar-refractivity contribution in [2.45, 2.75) is 70.4 Å². The molecule has 0 heterocycles. The Kier molecular flexibility index (Phi) is 7.87. The first-order chi connectivity index (χ1) is 8.79. The first-order valence-corrected chi connectivity index (χ1v) is 7.65. The van der Waals surface area contributed by atoms with Gasteiger partial charge in [-0.15, -0.1) is 0 Å². The molecule has 0 aromatic rings. The van der Waals surface area contributed by atoms with Crippen molar-refractivity contribution in [2.75, 3.05) is 26.9 Å². The van der Waals surface area contributed by atoms with Gasteiger partial charge in [-0.05, 0) is 25.8 Å². The van der Waals surface area contributed by atoms with Crippen LogP contribution in [0.1, 0.15) is 58.8 Å². The standard InChI is InChI=1S/C15H31NO2/c1-4-12-18-13-14(16-5-2)15(17-3)10-8-6-7-9-11-15/h14,16H,4-13H2,1-3H3. The molecule has 1 atom stereocenters. The van der Waals surface area contributed by atoms with Gasteiger partial charge in [0.25, 0.3) is 0 Å². The highest BCUT2D eigenvalue weighted by molar-refractivity contribution is 4.94. The molecule has 0 aromatic carbocycles. The van der Waals surface area contributed by atoms with E-state index in [0.29, 0.717) is 6.04 Å². The number of hydrogen-bond acceptors (Lipinski definition) is 3. The van der Waals surface area contributed by atoms with Crippen LogP contribution in [0, 0.1) is 0 Å². The van der Waals surface area contributed by atoms with E-state index in [1.807, 2.05) is 7.11 Å². The maximum atomic E-state index is 5.96. The van der Waals surface area contributed by atoms with Crippen LogP contribution < -0.4 is 5.32 Å². The summed E-state index contributed by atoms with van der Waals surface area (Å²) in [4.78, 5) is 0. The lowest BCUT2D eigenvalue weighted by Crippen LogP contribution is -2.54. The highest BCUT2D eigenvalue weighted by Crippen LogP contribution is 2.33. The van der Waals surface area contributed by atoms with Gasteiger partial charge in [0.05, 0.1) is 18.2 Å². The summed E-state index contributed by atoms with van der Waals surface area (Å²) in [5.41, 5.74) is -0.0136. The summed E-state index contributed by atoms with van der Waals surface area (Å²) < 4.78 is 11.7. The molecule has 18 heavy (non-hydrogen) atoms. The largest absolute Gasteiger partial charge is 0.380 e. The molecule has 0 aliphatic heterocycles. The van der Waals surface area contributed by atoms with E-state index in [4.69, 9.17) is 9.47 Å². The molecule has 0 spiro atoms. The van der Waals surface area contributed by atoms with Gasteiger partial charge >= 0.3 is 0 Å². The Hall–Kier alpha value is -0.120. The van der Waals surface area contributed by atoms with Crippen molar-refractivity contribution < 1.29 is 9.47 Å². The second kappa shape index (κ2) is 8.89. The first-order valence-electron chi connectivity index (χ1n) is 7.65. The Morgan fingerprint density at radius 3 is 2.28 bits per heavy atom. The second-order valence-corrected chi connectivity index (χ2v) is 5.37. The molecule has 1 N–H and O–H groups in total. The van der Waals surface area contributed by atoms with Crippen molar-refractivity contribution >= 4 is 0 Å². The normalized spacial score (nSPS) is 21.5. The smallest absolute Gasteiger partial charge is 0.0853 e. The molecule has 108 valence electrons. The summed E-state index contributed by atoms with van der Waals surface area (Å²) in [6.07, 6.45) is 8.67. The van der Waals surface area contributed by atoms with Crippen molar-refractivity contribution in [1.82, 2.24) is 5.32 Å². The van der Waals surface area contributed by atoms with Crippen LogP contribution in [0.2, 0.25) is 0 Å². The van der Waals surface area contributed by atoms with Crippen LogP contribution in [0.15, 0.2) is 0 Å². The van der Waals surface area contributed by atoms with E-state index in [2.05, 4.69) is 19.2 Å². The Morgan fingerprint density at radius 2 is 1.78 bits per heavy atom. The third-order valence-electron chi connectivity index (χ3n) is 4.07. The van der Waals surface area contributed by atoms with Crippen molar-refractivity contribution in [3.05, 3.63) is 0 Å². The molecule has 0 aromatic heterocycles. The fourth-order valence-electron chi connectivity index (χ4n) is 3.01. The molecule has 1 aliphatic carbocycles. The summed E-state index contributed by atoms with van der Waals surface area (Å²) >= 11 is 0. The Morgan fingerprint density at radius 1 is 1.11 bits per heavy atom. The van der Waals surface area contributed by atoms with Crippen LogP contribution in [0.25, 0.3) is 0 Å². The molecule has 1 unspecified atom stereocenters. The molecule has 1 rings (SSSR count). The van der Waals surface area contributed by atoms with Crippen molar-refractivity contribution in [3.63, 3.8) is 0 Å². The van der Waals surface area contributed by atoms with Gasteiger partial charge in [0.15, 0.2) is 0 Å². The summed E-state index contributed by atoms with van der Waals surface area (Å²) in [5.74, 6) is 0. The second-order valence-electron chi connectivity index (χ2n) is 5.37. The lowest BCUT2D eigenvalue weighted by atomic mass is 9.86. The van der Waals surface area contributed by atoms with Crippen LogP contribution in [0.4, 0.5) is 0 Å². The van der Waals surface area contributed by atoms with E-state index in [1.54, 1.807) is 0 Å². The number of ether oxygens (including phenoxy) is 2. The van der Waals surface area contributed by atoms with Crippen molar-refractivity contribution in [1.29, 1.82) is 0 Å². The molecule has 1 fully saturated rings. The summed E-state index contributed by atoms with van der Waals surface area (Å²) in [5, 5.41) is 3.58. The molecule has 0 bridgehead atoms. The number of likely N-dealkylation sites (N-methyl/N-ethyl adjacent to an activating group) is 1. The van der Waals surface area contributed by atoms with Gasteiger partial charge in [0.1, 0.15) is 0 Å². The molecule has 0 radical (unpaired) electrons. The van der Waals surface area contributed by atoms with E-state index < -0.39 is 0 Å². The van der Waals surface area contributed by atoms with E-state index in [9.17, 15) is 0 Å². The van der Waals surface area contributed by atoms with Crippen molar-refractivity contribution in [3.8, 4) is 0 Å². The molecule has 1 aliphatic rings.